The van der Waals surface area contributed by atoms with E-state index in [1.54, 1.807) is 0 Å². The summed E-state index contributed by atoms with van der Waals surface area (Å²) in [4.78, 5) is 0. The Morgan fingerprint density at radius 1 is 1.50 bits per heavy atom. The van der Waals surface area contributed by atoms with Crippen molar-refractivity contribution in [3.8, 4) is 0 Å². The van der Waals surface area contributed by atoms with Gasteiger partial charge in [-0.25, -0.2) is 0 Å². The summed E-state index contributed by atoms with van der Waals surface area (Å²) in [5, 5.41) is 3.45. The maximum absolute atomic E-state index is 5.77. The predicted molar refractivity (Wildman–Crippen MR) is 57.2 cm³/mol. The fourth-order valence-corrected chi connectivity index (χ4v) is 2.07. The zero-order valence-corrected chi connectivity index (χ0v) is 9.26. The number of aryl methyl sites for hydroxylation is 1. The first-order valence-corrected chi connectivity index (χ1v) is 5.51. The maximum atomic E-state index is 5.77. The Balaban J connectivity index is 2.16. The molecule has 2 rings (SSSR count). The Morgan fingerprint density at radius 3 is 2.71 bits per heavy atom. The lowest BCUT2D eigenvalue weighted by Crippen LogP contribution is -2.53. The Hall–Kier alpha value is -0.760. The van der Waals surface area contributed by atoms with Crippen LogP contribution in [-0.2, 0) is 6.42 Å². The van der Waals surface area contributed by atoms with E-state index in [0.29, 0.717) is 11.5 Å². The Labute approximate surface area is 85.7 Å². The lowest BCUT2D eigenvalue weighted by molar-refractivity contribution is 0.0805. The second-order valence-corrected chi connectivity index (χ2v) is 4.48. The molecule has 2 nitrogen and oxygen atoms in total. The maximum Gasteiger partial charge on any atom is 0.121 e. The zero-order chi connectivity index (χ0) is 10.2. The van der Waals surface area contributed by atoms with Crippen molar-refractivity contribution in [3.05, 3.63) is 23.7 Å². The number of hydrogen-bond acceptors (Lipinski definition) is 2. The number of furan rings is 1. The van der Waals surface area contributed by atoms with Crippen molar-refractivity contribution in [2.75, 3.05) is 6.54 Å². The van der Waals surface area contributed by atoms with Gasteiger partial charge in [-0.1, -0.05) is 20.8 Å². The molecule has 1 aromatic heterocycles. The second-order valence-electron chi connectivity index (χ2n) is 4.48. The van der Waals surface area contributed by atoms with Crippen LogP contribution in [-0.4, -0.2) is 6.54 Å². The Kier molecular flexibility index (Phi) is 2.40. The second kappa shape index (κ2) is 3.43. The normalized spacial score (nSPS) is 31.5. The number of hydrogen-bond donors (Lipinski definition) is 1. The molecule has 1 aromatic rings. The molecule has 0 bridgehead atoms. The first-order valence-electron chi connectivity index (χ1n) is 5.51. The average Bonchev–Trinajstić information content (AvgIpc) is 2.63. The lowest BCUT2D eigenvalue weighted by Gasteiger charge is -2.46. The highest BCUT2D eigenvalue weighted by Gasteiger charge is 2.43. The summed E-state index contributed by atoms with van der Waals surface area (Å²) in [5.74, 6) is 2.20. The number of nitrogens with one attached hydrogen (secondary N) is 1. The van der Waals surface area contributed by atoms with Gasteiger partial charge in [0.2, 0.25) is 0 Å². The number of rotatable bonds is 3. The van der Waals surface area contributed by atoms with Gasteiger partial charge in [-0.15, -0.1) is 0 Å². The molecule has 0 aliphatic carbocycles. The minimum absolute atomic E-state index is 0.392. The van der Waals surface area contributed by atoms with Crippen LogP contribution < -0.4 is 5.32 Å². The SMILES string of the molecule is CCc1ccc(C2NCC2(C)CC)o1. The van der Waals surface area contributed by atoms with Crippen LogP contribution in [0.25, 0.3) is 0 Å². The third kappa shape index (κ3) is 1.38. The highest BCUT2D eigenvalue weighted by atomic mass is 16.3. The topological polar surface area (TPSA) is 25.2 Å². The first kappa shape index (κ1) is 9.78. The average molecular weight is 193 g/mol. The molecular weight excluding hydrogens is 174 g/mol. The van der Waals surface area contributed by atoms with Gasteiger partial charge in [-0.2, -0.15) is 0 Å². The lowest BCUT2D eigenvalue weighted by atomic mass is 9.72. The van der Waals surface area contributed by atoms with Crippen LogP contribution >= 0.6 is 0 Å². The quantitative estimate of drug-likeness (QED) is 0.798. The Morgan fingerprint density at radius 2 is 2.29 bits per heavy atom. The van der Waals surface area contributed by atoms with Crippen molar-refractivity contribution >= 4 is 0 Å². The molecule has 2 heterocycles. The van der Waals surface area contributed by atoms with Gasteiger partial charge in [0.05, 0.1) is 6.04 Å². The fraction of sp³-hybridized carbons (Fsp3) is 0.667. The summed E-state index contributed by atoms with van der Waals surface area (Å²) in [7, 11) is 0. The van der Waals surface area contributed by atoms with Crippen LogP contribution in [0.3, 0.4) is 0 Å². The van der Waals surface area contributed by atoms with E-state index in [4.69, 9.17) is 4.42 Å². The van der Waals surface area contributed by atoms with Crippen molar-refractivity contribution < 1.29 is 4.42 Å². The molecule has 1 saturated heterocycles. The minimum atomic E-state index is 0.392. The molecule has 14 heavy (non-hydrogen) atoms. The molecule has 0 saturated carbocycles. The smallest absolute Gasteiger partial charge is 0.121 e. The zero-order valence-electron chi connectivity index (χ0n) is 9.26. The fourth-order valence-electron chi connectivity index (χ4n) is 2.07. The standard InChI is InChI=1S/C12H19NO/c1-4-9-6-7-10(14-9)11-12(3,5-2)8-13-11/h6-7,11,13H,4-5,8H2,1-3H3. The van der Waals surface area contributed by atoms with Crippen LogP contribution in [0.2, 0.25) is 0 Å². The van der Waals surface area contributed by atoms with Gasteiger partial charge in [0.1, 0.15) is 11.5 Å². The van der Waals surface area contributed by atoms with Gasteiger partial charge in [0.15, 0.2) is 0 Å². The van der Waals surface area contributed by atoms with Crippen molar-refractivity contribution in [1.29, 1.82) is 0 Å². The first-order chi connectivity index (χ1) is 6.69. The molecule has 0 amide bonds. The van der Waals surface area contributed by atoms with Crippen molar-refractivity contribution in [2.45, 2.75) is 39.7 Å². The molecule has 1 aliphatic heterocycles. The van der Waals surface area contributed by atoms with Gasteiger partial charge in [-0.05, 0) is 18.6 Å². The molecule has 0 radical (unpaired) electrons. The van der Waals surface area contributed by atoms with Gasteiger partial charge < -0.3 is 9.73 Å². The van der Waals surface area contributed by atoms with Crippen molar-refractivity contribution in [3.63, 3.8) is 0 Å². The van der Waals surface area contributed by atoms with Gasteiger partial charge in [0.25, 0.3) is 0 Å². The van der Waals surface area contributed by atoms with E-state index < -0.39 is 0 Å². The summed E-state index contributed by atoms with van der Waals surface area (Å²) in [5.41, 5.74) is 0.392. The van der Waals surface area contributed by atoms with Crippen LogP contribution in [0.1, 0.15) is 44.8 Å². The van der Waals surface area contributed by atoms with E-state index in [9.17, 15) is 0 Å². The summed E-state index contributed by atoms with van der Waals surface area (Å²) in [6.07, 6.45) is 2.18. The molecule has 0 aromatic carbocycles. The predicted octanol–water partition coefficient (Wildman–Crippen LogP) is 2.90. The Bertz CT molecular complexity index is 314. The molecule has 2 unspecified atom stereocenters. The highest BCUT2D eigenvalue weighted by molar-refractivity contribution is 5.17. The molecule has 0 spiro atoms. The van der Waals surface area contributed by atoms with E-state index in [1.807, 2.05) is 0 Å². The van der Waals surface area contributed by atoms with Crippen molar-refractivity contribution in [1.82, 2.24) is 5.32 Å². The summed E-state index contributed by atoms with van der Waals surface area (Å²) in [6.45, 7) is 7.80. The van der Waals surface area contributed by atoms with E-state index in [2.05, 4.69) is 38.2 Å². The summed E-state index contributed by atoms with van der Waals surface area (Å²) in [6, 6.07) is 4.63. The van der Waals surface area contributed by atoms with Gasteiger partial charge >= 0.3 is 0 Å². The molecule has 2 heteroatoms. The summed E-state index contributed by atoms with van der Waals surface area (Å²) >= 11 is 0. The van der Waals surface area contributed by atoms with Crippen LogP contribution in [0.4, 0.5) is 0 Å². The monoisotopic (exact) mass is 193 g/mol. The van der Waals surface area contributed by atoms with E-state index in [-0.39, 0.29) is 0 Å². The largest absolute Gasteiger partial charge is 0.464 e. The van der Waals surface area contributed by atoms with Gasteiger partial charge in [-0.3, -0.25) is 0 Å². The van der Waals surface area contributed by atoms with E-state index in [0.717, 1.165) is 24.5 Å². The minimum Gasteiger partial charge on any atom is -0.464 e. The highest BCUT2D eigenvalue weighted by Crippen LogP contribution is 2.43. The van der Waals surface area contributed by atoms with E-state index >= 15 is 0 Å². The molecule has 1 N–H and O–H groups in total. The van der Waals surface area contributed by atoms with E-state index in [1.165, 1.54) is 6.42 Å². The van der Waals surface area contributed by atoms with Crippen LogP contribution in [0.5, 0.6) is 0 Å². The third-order valence-corrected chi connectivity index (χ3v) is 3.53. The third-order valence-electron chi connectivity index (χ3n) is 3.53. The molecule has 1 fully saturated rings. The van der Waals surface area contributed by atoms with Crippen LogP contribution in [0, 0.1) is 5.41 Å². The molecule has 78 valence electrons. The molecular formula is C12H19NO. The molecule has 1 aliphatic rings. The van der Waals surface area contributed by atoms with Crippen molar-refractivity contribution in [2.24, 2.45) is 5.41 Å². The van der Waals surface area contributed by atoms with Gasteiger partial charge in [0, 0.05) is 18.4 Å². The summed E-state index contributed by atoms with van der Waals surface area (Å²) < 4.78 is 5.77. The molecule has 2 atom stereocenters. The van der Waals surface area contributed by atoms with Crippen LogP contribution in [0.15, 0.2) is 16.5 Å².